The van der Waals surface area contributed by atoms with Gasteiger partial charge in [0.25, 0.3) is 23.7 Å². The molecule has 0 unspecified atom stereocenters. The number of Topliss-reactive ketones (excluding diaryl/α,β-unsaturated/α-hetero) is 2. The molecule has 0 atom stereocenters. The number of carbonyl (C=O) groups is 4. The Bertz CT molecular complexity index is 1730. The van der Waals surface area contributed by atoms with Crippen LogP contribution in [0.3, 0.4) is 0 Å². The highest BCUT2D eigenvalue weighted by molar-refractivity contribution is 6.46. The Kier molecular flexibility index (Phi) is 8.45. The molecular formula is C33H32N8O4. The SMILES string of the molecule is Cc1ccc(C(=O)CC2=Nc3nnc(CCCCCCCc4nnc5n4C(=O)C(CC(=O)c4ccc(C)cc4)=N5)n3C2=O)cc1. The second-order valence-electron chi connectivity index (χ2n) is 11.4. The van der Waals surface area contributed by atoms with Crippen LogP contribution in [0.15, 0.2) is 58.5 Å². The van der Waals surface area contributed by atoms with Crippen LogP contribution in [0.4, 0.5) is 11.9 Å². The van der Waals surface area contributed by atoms with E-state index in [0.29, 0.717) is 35.6 Å². The molecule has 2 aromatic carbocycles. The van der Waals surface area contributed by atoms with Gasteiger partial charge in [-0.15, -0.1) is 20.4 Å². The molecule has 0 spiro atoms. The van der Waals surface area contributed by atoms with Crippen LogP contribution in [0.1, 0.15) is 98.0 Å². The molecule has 0 amide bonds. The molecule has 12 heteroatoms. The number of aliphatic imine (C=N–C) groups is 2. The van der Waals surface area contributed by atoms with Crippen LogP contribution < -0.4 is 0 Å². The molecular weight excluding hydrogens is 572 g/mol. The summed E-state index contributed by atoms with van der Waals surface area (Å²) in [7, 11) is 0. The average molecular weight is 605 g/mol. The smallest absolute Gasteiger partial charge is 0.281 e. The van der Waals surface area contributed by atoms with Crippen LogP contribution in [-0.2, 0) is 12.8 Å². The van der Waals surface area contributed by atoms with E-state index in [1.54, 1.807) is 24.3 Å². The van der Waals surface area contributed by atoms with Crippen molar-refractivity contribution in [3.8, 4) is 0 Å². The summed E-state index contributed by atoms with van der Waals surface area (Å²) in [6.07, 6.45) is 5.39. The maximum Gasteiger partial charge on any atom is 0.281 e. The van der Waals surface area contributed by atoms with Crippen LogP contribution in [0.2, 0.25) is 0 Å². The van der Waals surface area contributed by atoms with Crippen LogP contribution in [0, 0.1) is 13.8 Å². The lowest BCUT2D eigenvalue weighted by Crippen LogP contribution is -2.21. The van der Waals surface area contributed by atoms with Gasteiger partial charge in [0.1, 0.15) is 23.1 Å². The van der Waals surface area contributed by atoms with E-state index in [0.717, 1.165) is 43.2 Å². The van der Waals surface area contributed by atoms with Gasteiger partial charge >= 0.3 is 0 Å². The Morgan fingerprint density at radius 3 is 1.33 bits per heavy atom. The number of fused-ring (bicyclic) bond motifs is 2. The van der Waals surface area contributed by atoms with Gasteiger partial charge in [0.2, 0.25) is 0 Å². The second kappa shape index (κ2) is 12.8. The normalized spacial score (nSPS) is 13.6. The summed E-state index contributed by atoms with van der Waals surface area (Å²) in [5.74, 6) is 0.539. The summed E-state index contributed by atoms with van der Waals surface area (Å²) in [5, 5.41) is 16.4. The van der Waals surface area contributed by atoms with E-state index < -0.39 is 0 Å². The zero-order valence-electron chi connectivity index (χ0n) is 25.2. The van der Waals surface area contributed by atoms with Crippen molar-refractivity contribution in [2.24, 2.45) is 9.98 Å². The van der Waals surface area contributed by atoms with E-state index in [-0.39, 0.29) is 59.5 Å². The summed E-state index contributed by atoms with van der Waals surface area (Å²) >= 11 is 0. The predicted octanol–water partition coefficient (Wildman–Crippen LogP) is 5.22. The monoisotopic (exact) mass is 604 g/mol. The number of benzene rings is 2. The zero-order valence-corrected chi connectivity index (χ0v) is 25.2. The number of unbranched alkanes of at least 4 members (excludes halogenated alkanes) is 4. The fourth-order valence-corrected chi connectivity index (χ4v) is 5.41. The first-order valence-corrected chi connectivity index (χ1v) is 15.1. The lowest BCUT2D eigenvalue weighted by Gasteiger charge is -2.05. The minimum atomic E-state index is -0.340. The Labute approximate surface area is 259 Å². The molecule has 0 aliphatic carbocycles. The molecule has 12 nitrogen and oxygen atoms in total. The Morgan fingerprint density at radius 2 is 0.933 bits per heavy atom. The van der Waals surface area contributed by atoms with E-state index in [4.69, 9.17) is 0 Å². The molecule has 0 radical (unpaired) electrons. The molecule has 4 heterocycles. The fourth-order valence-electron chi connectivity index (χ4n) is 5.41. The molecule has 228 valence electrons. The Hall–Kier alpha value is -5.26. The molecule has 6 rings (SSSR count). The van der Waals surface area contributed by atoms with Gasteiger partial charge in [0, 0.05) is 24.0 Å². The molecule has 4 aromatic rings. The van der Waals surface area contributed by atoms with Crippen LogP contribution in [0.5, 0.6) is 0 Å². The van der Waals surface area contributed by atoms with Crippen LogP contribution in [-0.4, -0.2) is 64.3 Å². The first-order chi connectivity index (χ1) is 21.8. The second-order valence-corrected chi connectivity index (χ2v) is 11.4. The highest BCUT2D eigenvalue weighted by Crippen LogP contribution is 2.24. The van der Waals surface area contributed by atoms with E-state index in [1.807, 2.05) is 38.1 Å². The van der Waals surface area contributed by atoms with E-state index >= 15 is 0 Å². The van der Waals surface area contributed by atoms with Crippen molar-refractivity contribution in [2.45, 2.75) is 71.6 Å². The quantitative estimate of drug-likeness (QED) is 0.140. The number of ketones is 2. The van der Waals surface area contributed by atoms with E-state index in [2.05, 4.69) is 30.4 Å². The Balaban J connectivity index is 0.920. The van der Waals surface area contributed by atoms with Gasteiger partial charge in [-0.25, -0.2) is 19.1 Å². The minimum Gasteiger partial charge on any atom is -0.294 e. The third-order valence-corrected chi connectivity index (χ3v) is 8.00. The van der Waals surface area contributed by atoms with Gasteiger partial charge in [0.15, 0.2) is 11.6 Å². The Morgan fingerprint density at radius 1 is 0.556 bits per heavy atom. The number of carbonyl (C=O) groups excluding carboxylic acids is 4. The van der Waals surface area contributed by atoms with E-state index in [1.165, 1.54) is 9.13 Å². The third-order valence-electron chi connectivity index (χ3n) is 8.00. The largest absolute Gasteiger partial charge is 0.294 e. The van der Waals surface area contributed by atoms with Gasteiger partial charge in [-0.05, 0) is 26.7 Å². The summed E-state index contributed by atoms with van der Waals surface area (Å²) in [5.41, 5.74) is 3.56. The lowest BCUT2D eigenvalue weighted by atomic mass is 10.0. The fraction of sp³-hybridized carbons (Fsp3) is 0.333. The van der Waals surface area contributed by atoms with Crippen molar-refractivity contribution in [3.05, 3.63) is 82.4 Å². The van der Waals surface area contributed by atoms with Gasteiger partial charge in [-0.1, -0.05) is 78.9 Å². The van der Waals surface area contributed by atoms with Gasteiger partial charge in [0.05, 0.1) is 12.8 Å². The molecule has 0 fully saturated rings. The maximum atomic E-state index is 13.0. The molecule has 0 saturated heterocycles. The maximum absolute atomic E-state index is 13.0. The van der Waals surface area contributed by atoms with Crippen molar-refractivity contribution in [1.29, 1.82) is 0 Å². The topological polar surface area (TPSA) is 154 Å². The highest BCUT2D eigenvalue weighted by Gasteiger charge is 2.31. The van der Waals surface area contributed by atoms with Crippen molar-refractivity contribution in [2.75, 3.05) is 0 Å². The predicted molar refractivity (Wildman–Crippen MR) is 166 cm³/mol. The number of hydrogen-bond acceptors (Lipinski definition) is 10. The standard InChI is InChI=1S/C33H32N8O4/c1-20-10-14-22(15-11-20)26(42)18-24-30(44)40-28(36-38-32(40)34-24)8-6-4-3-5-7-9-29-37-39-33-35-25(31(45)41(29)33)19-27(43)23-16-12-21(2)13-17-23/h10-17H,3-9,18-19H2,1-2H3. The minimum absolute atomic E-state index is 0.0788. The first-order valence-electron chi connectivity index (χ1n) is 15.1. The molecule has 2 aliphatic rings. The number of aromatic nitrogens is 6. The molecule has 0 N–H and O–H groups in total. The van der Waals surface area contributed by atoms with Gasteiger partial charge in [-0.2, -0.15) is 0 Å². The molecule has 2 aliphatic heterocycles. The van der Waals surface area contributed by atoms with Crippen LogP contribution in [0.25, 0.3) is 0 Å². The first kappa shape index (κ1) is 29.8. The number of hydrogen-bond donors (Lipinski definition) is 0. The average Bonchev–Trinajstić information content (AvgIpc) is 3.77. The molecule has 45 heavy (non-hydrogen) atoms. The van der Waals surface area contributed by atoms with Crippen molar-refractivity contribution >= 4 is 46.7 Å². The summed E-state index contributed by atoms with van der Waals surface area (Å²) < 4.78 is 2.82. The number of nitrogens with zero attached hydrogens (tertiary/aromatic N) is 8. The summed E-state index contributed by atoms with van der Waals surface area (Å²) in [6, 6.07) is 14.5. The summed E-state index contributed by atoms with van der Waals surface area (Å²) in [4.78, 5) is 59.8. The van der Waals surface area contributed by atoms with Crippen molar-refractivity contribution < 1.29 is 19.2 Å². The van der Waals surface area contributed by atoms with E-state index in [9.17, 15) is 19.2 Å². The number of rotatable bonds is 14. The number of aryl methyl sites for hydroxylation is 4. The van der Waals surface area contributed by atoms with Crippen LogP contribution >= 0.6 is 0 Å². The van der Waals surface area contributed by atoms with Gasteiger partial charge < -0.3 is 0 Å². The lowest BCUT2D eigenvalue weighted by molar-refractivity contribution is 0.0962. The molecule has 0 saturated carbocycles. The zero-order chi connectivity index (χ0) is 31.5. The molecule has 2 aromatic heterocycles. The van der Waals surface area contributed by atoms with Gasteiger partial charge in [-0.3, -0.25) is 19.2 Å². The van der Waals surface area contributed by atoms with Crippen molar-refractivity contribution in [1.82, 2.24) is 29.5 Å². The summed E-state index contributed by atoms with van der Waals surface area (Å²) in [6.45, 7) is 3.90. The third kappa shape index (κ3) is 6.35. The highest BCUT2D eigenvalue weighted by atomic mass is 16.2. The van der Waals surface area contributed by atoms with Crippen molar-refractivity contribution in [3.63, 3.8) is 0 Å². The molecule has 0 bridgehead atoms.